The molecule has 2 fully saturated rings. The average Bonchev–Trinajstić information content (AvgIpc) is 3.37. The highest BCUT2D eigenvalue weighted by atomic mass is 16.6. The van der Waals surface area contributed by atoms with Gasteiger partial charge in [0.25, 0.3) is 0 Å². The van der Waals surface area contributed by atoms with E-state index in [1.165, 1.54) is 22.3 Å². The van der Waals surface area contributed by atoms with Gasteiger partial charge in [-0.2, -0.15) is 5.26 Å². The van der Waals surface area contributed by atoms with Gasteiger partial charge in [-0.15, -0.1) is 0 Å². The lowest BCUT2D eigenvalue weighted by Gasteiger charge is -2.38. The second kappa shape index (κ2) is 8.95. The third kappa shape index (κ3) is 3.69. The second-order valence-corrected chi connectivity index (χ2v) is 10.3. The molecule has 2 aliphatic heterocycles. The monoisotopic (exact) mass is 476 g/mol. The van der Waals surface area contributed by atoms with E-state index in [1.807, 2.05) is 48.2 Å². The molecule has 2 bridgehead atoms. The van der Waals surface area contributed by atoms with Crippen LogP contribution in [0, 0.1) is 24.2 Å². The molecule has 0 spiro atoms. The van der Waals surface area contributed by atoms with Crippen molar-refractivity contribution in [3.63, 3.8) is 0 Å². The molecule has 3 aromatic rings. The molecule has 6 rings (SSSR count). The number of hydrogen-bond acceptors (Lipinski definition) is 4. The predicted molar refractivity (Wildman–Crippen MR) is 137 cm³/mol. The highest BCUT2D eigenvalue weighted by Gasteiger charge is 2.46. The van der Waals surface area contributed by atoms with Gasteiger partial charge in [-0.1, -0.05) is 60.2 Å². The maximum Gasteiger partial charge on any atom is 0.410 e. The smallest absolute Gasteiger partial charge is 0.410 e. The fraction of sp³-hybridized carbons (Fsp3) is 0.323. The van der Waals surface area contributed by atoms with E-state index in [0.29, 0.717) is 30.6 Å². The second-order valence-electron chi connectivity index (χ2n) is 10.3. The van der Waals surface area contributed by atoms with Crippen molar-refractivity contribution < 1.29 is 14.3 Å². The van der Waals surface area contributed by atoms with Crippen LogP contribution >= 0.6 is 0 Å². The Morgan fingerprint density at radius 2 is 1.56 bits per heavy atom. The van der Waals surface area contributed by atoms with Gasteiger partial charge in [0, 0.05) is 29.5 Å². The zero-order chi connectivity index (χ0) is 24.8. The number of ether oxygens (including phenoxy) is 1. The van der Waals surface area contributed by atoms with Crippen molar-refractivity contribution in [1.29, 1.82) is 5.26 Å². The summed E-state index contributed by atoms with van der Waals surface area (Å²) in [5.74, 6) is -0.114. The summed E-state index contributed by atoms with van der Waals surface area (Å²) in [5.41, 5.74) is 6.73. The molecule has 2 heterocycles. The third-order valence-corrected chi connectivity index (χ3v) is 8.21. The molecular weight excluding hydrogens is 448 g/mol. The van der Waals surface area contributed by atoms with E-state index in [2.05, 4.69) is 30.3 Å². The molecule has 2 saturated heterocycles. The van der Waals surface area contributed by atoms with Crippen LogP contribution in [0.4, 0.5) is 4.79 Å². The van der Waals surface area contributed by atoms with Gasteiger partial charge < -0.3 is 9.64 Å². The summed E-state index contributed by atoms with van der Waals surface area (Å²) in [5, 5.41) is 9.49. The van der Waals surface area contributed by atoms with Crippen molar-refractivity contribution in [1.82, 2.24) is 4.90 Å². The number of piperidine rings is 1. The maximum absolute atomic E-state index is 13.4. The first-order valence-electron chi connectivity index (χ1n) is 12.7. The van der Waals surface area contributed by atoms with E-state index >= 15 is 0 Å². The Kier molecular flexibility index (Phi) is 5.60. The Morgan fingerprint density at radius 3 is 2.17 bits per heavy atom. The van der Waals surface area contributed by atoms with E-state index in [1.54, 1.807) is 6.07 Å². The predicted octanol–water partition coefficient (Wildman–Crippen LogP) is 6.24. The normalized spacial score (nSPS) is 22.0. The number of carbonyl (C=O) groups excluding carboxylic acids is 2. The lowest BCUT2D eigenvalue weighted by Crippen LogP contribution is -2.48. The first kappa shape index (κ1) is 22.5. The average molecular weight is 477 g/mol. The largest absolute Gasteiger partial charge is 0.448 e. The molecule has 2 atom stereocenters. The summed E-state index contributed by atoms with van der Waals surface area (Å²) in [4.78, 5) is 28.6. The molecule has 2 unspecified atom stereocenters. The number of fused-ring (bicyclic) bond motifs is 5. The number of nitriles is 1. The molecule has 0 N–H and O–H groups in total. The number of benzene rings is 3. The van der Waals surface area contributed by atoms with Crippen LogP contribution in [0.3, 0.4) is 0 Å². The quantitative estimate of drug-likeness (QED) is 0.418. The van der Waals surface area contributed by atoms with Crippen LogP contribution in [0.25, 0.3) is 11.1 Å². The number of hydrogen-bond donors (Lipinski definition) is 0. The molecule has 180 valence electrons. The van der Waals surface area contributed by atoms with Crippen LogP contribution < -0.4 is 0 Å². The zero-order valence-electron chi connectivity index (χ0n) is 20.3. The molecule has 1 aliphatic carbocycles. The van der Waals surface area contributed by atoms with E-state index < -0.39 is 0 Å². The highest BCUT2D eigenvalue weighted by molar-refractivity contribution is 6.00. The minimum absolute atomic E-state index is 0.00342. The number of Topliss-reactive ketones (excluding diaryl/α,β-unsaturated/α-hetero) is 1. The molecule has 3 aliphatic rings. The summed E-state index contributed by atoms with van der Waals surface area (Å²) in [6.07, 6.45) is 2.75. The molecule has 3 aromatic carbocycles. The van der Waals surface area contributed by atoms with Gasteiger partial charge in [0.15, 0.2) is 5.78 Å². The van der Waals surface area contributed by atoms with Crippen LogP contribution in [0.1, 0.15) is 64.2 Å². The Bertz CT molecular complexity index is 1350. The summed E-state index contributed by atoms with van der Waals surface area (Å²) in [6, 6.07) is 24.2. The first-order chi connectivity index (χ1) is 17.5. The van der Waals surface area contributed by atoms with Crippen LogP contribution in [0.15, 0.2) is 66.7 Å². The van der Waals surface area contributed by atoms with E-state index in [0.717, 1.165) is 18.4 Å². The molecule has 36 heavy (non-hydrogen) atoms. The summed E-state index contributed by atoms with van der Waals surface area (Å²) >= 11 is 0. The summed E-state index contributed by atoms with van der Waals surface area (Å²) in [7, 11) is 0. The number of carbonyl (C=O) groups is 2. The number of nitrogens with zero attached hydrogens (tertiary/aromatic N) is 2. The van der Waals surface area contributed by atoms with Gasteiger partial charge >= 0.3 is 6.09 Å². The van der Waals surface area contributed by atoms with E-state index in [4.69, 9.17) is 4.74 Å². The molecule has 1 amide bonds. The molecule has 0 aromatic heterocycles. The van der Waals surface area contributed by atoms with Crippen molar-refractivity contribution in [2.24, 2.45) is 5.92 Å². The molecular formula is C31H28N2O3. The van der Waals surface area contributed by atoms with Crippen LogP contribution in [-0.2, 0) is 4.74 Å². The number of ketones is 1. The van der Waals surface area contributed by atoms with Gasteiger partial charge in [0.2, 0.25) is 0 Å². The zero-order valence-corrected chi connectivity index (χ0v) is 20.3. The minimum Gasteiger partial charge on any atom is -0.448 e. The van der Waals surface area contributed by atoms with Gasteiger partial charge in [0.05, 0.1) is 11.6 Å². The van der Waals surface area contributed by atoms with Gasteiger partial charge in [-0.25, -0.2) is 4.79 Å². The molecule has 0 radical (unpaired) electrons. The third-order valence-electron chi connectivity index (χ3n) is 8.21. The van der Waals surface area contributed by atoms with Gasteiger partial charge in [-0.05, 0) is 67.0 Å². The van der Waals surface area contributed by atoms with Gasteiger partial charge in [0.1, 0.15) is 6.61 Å². The Labute approximate surface area is 211 Å². The molecule has 0 saturated carbocycles. The minimum atomic E-state index is -0.275. The van der Waals surface area contributed by atoms with Crippen molar-refractivity contribution in [2.75, 3.05) is 6.61 Å². The standard InChI is InChI=1S/C31H28N2O3/c1-19-10-11-20(17-32)28(14-19)30(34)21-15-22-12-13-23(16-21)33(22)31(35)36-18-29-26-8-4-2-6-24(26)25-7-3-5-9-27(25)29/h2-11,14,21-23,29H,12-13,15-16,18H2,1H3. The van der Waals surface area contributed by atoms with Crippen LogP contribution in [0.2, 0.25) is 0 Å². The van der Waals surface area contributed by atoms with E-state index in [9.17, 15) is 14.9 Å². The molecule has 5 heteroatoms. The number of rotatable bonds is 4. The van der Waals surface area contributed by atoms with Crippen molar-refractivity contribution >= 4 is 11.9 Å². The highest BCUT2D eigenvalue weighted by Crippen LogP contribution is 2.45. The molecule has 5 nitrogen and oxygen atoms in total. The van der Waals surface area contributed by atoms with Crippen LogP contribution in [-0.4, -0.2) is 35.5 Å². The summed E-state index contributed by atoms with van der Waals surface area (Å²) in [6.45, 7) is 2.24. The van der Waals surface area contributed by atoms with Gasteiger partial charge in [-0.3, -0.25) is 4.79 Å². The Balaban J connectivity index is 1.16. The number of aryl methyl sites for hydroxylation is 1. The Hall–Kier alpha value is -3.91. The maximum atomic E-state index is 13.4. The fourth-order valence-corrected chi connectivity index (χ4v) is 6.54. The summed E-state index contributed by atoms with van der Waals surface area (Å²) < 4.78 is 5.95. The topological polar surface area (TPSA) is 70.4 Å². The SMILES string of the molecule is Cc1ccc(C#N)c(C(=O)C2CC3CCC(C2)N3C(=O)OCC2c3ccccc3-c3ccccc32)c1. The van der Waals surface area contributed by atoms with Crippen molar-refractivity contribution in [3.05, 3.63) is 94.5 Å². The van der Waals surface area contributed by atoms with E-state index in [-0.39, 0.29) is 35.8 Å². The lowest BCUT2D eigenvalue weighted by molar-refractivity contribution is 0.0506. The lowest BCUT2D eigenvalue weighted by atomic mass is 9.83. The fourth-order valence-electron chi connectivity index (χ4n) is 6.54. The van der Waals surface area contributed by atoms with Crippen LogP contribution in [0.5, 0.6) is 0 Å². The first-order valence-corrected chi connectivity index (χ1v) is 12.7. The number of amides is 1. The van der Waals surface area contributed by atoms with Crippen molar-refractivity contribution in [2.45, 2.75) is 50.6 Å². The van der Waals surface area contributed by atoms with Crippen molar-refractivity contribution in [3.8, 4) is 17.2 Å². The Morgan fingerprint density at radius 1 is 0.944 bits per heavy atom.